The van der Waals surface area contributed by atoms with Gasteiger partial charge in [-0.3, -0.25) is 4.79 Å². The number of rotatable bonds is 4. The lowest BCUT2D eigenvalue weighted by molar-refractivity contribution is -0.147. The maximum Gasteiger partial charge on any atom is 0.310 e. The van der Waals surface area contributed by atoms with E-state index in [-0.39, 0.29) is 0 Å². The zero-order valence-corrected chi connectivity index (χ0v) is 10.7. The molecule has 0 amide bonds. The van der Waals surface area contributed by atoms with E-state index in [1.165, 1.54) is 0 Å². The average Bonchev–Trinajstić information content (AvgIpc) is 2.67. The summed E-state index contributed by atoms with van der Waals surface area (Å²) in [5, 5.41) is 10.3. The van der Waals surface area contributed by atoms with Gasteiger partial charge < -0.3 is 15.4 Å². The molecule has 0 bridgehead atoms. The van der Waals surface area contributed by atoms with E-state index in [0.717, 1.165) is 16.5 Å². The van der Waals surface area contributed by atoms with E-state index in [1.807, 2.05) is 35.0 Å². The van der Waals surface area contributed by atoms with Crippen molar-refractivity contribution in [1.29, 1.82) is 0 Å². The van der Waals surface area contributed by atoms with E-state index >= 15 is 0 Å². The van der Waals surface area contributed by atoms with Crippen molar-refractivity contribution in [2.45, 2.75) is 26.9 Å². The Balaban J connectivity index is 2.49. The number of carboxylic acids is 1. The van der Waals surface area contributed by atoms with Gasteiger partial charge in [-0.1, -0.05) is 18.2 Å². The molecule has 2 rings (SSSR count). The Morgan fingerprint density at radius 3 is 2.67 bits per heavy atom. The molecule has 0 saturated carbocycles. The van der Waals surface area contributed by atoms with E-state index in [9.17, 15) is 9.90 Å². The molecular weight excluding hydrogens is 228 g/mol. The third kappa shape index (κ3) is 2.11. The van der Waals surface area contributed by atoms with E-state index in [4.69, 9.17) is 5.73 Å². The van der Waals surface area contributed by atoms with Gasteiger partial charge in [-0.15, -0.1) is 0 Å². The van der Waals surface area contributed by atoms with Crippen molar-refractivity contribution in [3.05, 3.63) is 36.0 Å². The van der Waals surface area contributed by atoms with Crippen molar-refractivity contribution in [2.75, 3.05) is 0 Å². The first-order valence-electron chi connectivity index (χ1n) is 5.96. The van der Waals surface area contributed by atoms with Crippen molar-refractivity contribution in [2.24, 2.45) is 11.1 Å². The van der Waals surface area contributed by atoms with Crippen LogP contribution in [0.3, 0.4) is 0 Å². The molecule has 4 nitrogen and oxygen atoms in total. The molecule has 96 valence electrons. The highest BCUT2D eigenvalue weighted by Crippen LogP contribution is 2.26. The third-order valence-corrected chi connectivity index (χ3v) is 3.24. The number of carbonyl (C=O) groups is 1. The van der Waals surface area contributed by atoms with Crippen LogP contribution >= 0.6 is 0 Å². The summed E-state index contributed by atoms with van der Waals surface area (Å²) in [6.45, 7) is 4.35. The van der Waals surface area contributed by atoms with Crippen LogP contribution in [0.15, 0.2) is 30.5 Å². The van der Waals surface area contributed by atoms with Crippen molar-refractivity contribution in [3.63, 3.8) is 0 Å². The van der Waals surface area contributed by atoms with Crippen LogP contribution < -0.4 is 5.73 Å². The first-order chi connectivity index (χ1) is 8.45. The predicted octanol–water partition coefficient (Wildman–Crippen LogP) is 2.21. The maximum atomic E-state index is 11.2. The van der Waals surface area contributed by atoms with Crippen LogP contribution in [0.5, 0.6) is 0 Å². The summed E-state index contributed by atoms with van der Waals surface area (Å²) in [4.78, 5) is 11.2. The molecule has 1 aromatic carbocycles. The molecule has 0 radical (unpaired) electrons. The highest BCUT2D eigenvalue weighted by molar-refractivity contribution is 5.84. The second-order valence-electron chi connectivity index (χ2n) is 5.19. The van der Waals surface area contributed by atoms with E-state index < -0.39 is 11.4 Å². The van der Waals surface area contributed by atoms with Crippen LogP contribution in [0.1, 0.15) is 19.4 Å². The molecule has 0 aliphatic rings. The monoisotopic (exact) mass is 246 g/mol. The Labute approximate surface area is 106 Å². The predicted molar refractivity (Wildman–Crippen MR) is 71.2 cm³/mol. The lowest BCUT2D eigenvalue weighted by Crippen LogP contribution is -2.28. The van der Waals surface area contributed by atoms with Gasteiger partial charge in [0.2, 0.25) is 0 Å². The first-order valence-corrected chi connectivity index (χ1v) is 5.96. The molecule has 1 heterocycles. The number of fused-ring (bicyclic) bond motifs is 1. The Kier molecular flexibility index (Phi) is 3.13. The summed E-state index contributed by atoms with van der Waals surface area (Å²) in [5.74, 6) is -0.797. The van der Waals surface area contributed by atoms with Gasteiger partial charge in [-0.05, 0) is 25.5 Å². The molecule has 4 heteroatoms. The maximum absolute atomic E-state index is 11.2. The number of nitrogens with zero attached hydrogens (tertiary/aromatic N) is 1. The van der Waals surface area contributed by atoms with Crippen LogP contribution in [-0.2, 0) is 17.9 Å². The van der Waals surface area contributed by atoms with Crippen LogP contribution in [-0.4, -0.2) is 15.6 Å². The lowest BCUT2D eigenvalue weighted by Gasteiger charge is -2.20. The number of nitrogens with two attached hydrogens (primary N) is 1. The summed E-state index contributed by atoms with van der Waals surface area (Å²) >= 11 is 0. The van der Waals surface area contributed by atoms with Gasteiger partial charge in [0.25, 0.3) is 0 Å². The van der Waals surface area contributed by atoms with Crippen molar-refractivity contribution >= 4 is 16.9 Å². The number of carboxylic acid groups (broad SMARTS) is 1. The van der Waals surface area contributed by atoms with Crippen LogP contribution in [0, 0.1) is 5.41 Å². The molecule has 0 spiro atoms. The average molecular weight is 246 g/mol. The van der Waals surface area contributed by atoms with Gasteiger partial charge in [0.1, 0.15) is 0 Å². The first kappa shape index (κ1) is 12.6. The highest BCUT2D eigenvalue weighted by Gasteiger charge is 2.28. The second-order valence-corrected chi connectivity index (χ2v) is 5.19. The number of aromatic nitrogens is 1. The fraction of sp³-hybridized carbons (Fsp3) is 0.357. The minimum atomic E-state index is -0.798. The van der Waals surface area contributed by atoms with Crippen molar-refractivity contribution < 1.29 is 9.90 Å². The van der Waals surface area contributed by atoms with Gasteiger partial charge in [-0.25, -0.2) is 0 Å². The summed E-state index contributed by atoms with van der Waals surface area (Å²) in [6, 6.07) is 7.93. The number of para-hydroxylation sites is 1. The van der Waals surface area contributed by atoms with Crippen LogP contribution in [0.4, 0.5) is 0 Å². The topological polar surface area (TPSA) is 68.2 Å². The van der Waals surface area contributed by atoms with Crippen molar-refractivity contribution in [1.82, 2.24) is 4.57 Å². The highest BCUT2D eigenvalue weighted by atomic mass is 16.4. The molecular formula is C14H18N2O2. The van der Waals surface area contributed by atoms with E-state index in [1.54, 1.807) is 13.8 Å². The normalized spacial score (nSPS) is 11.9. The minimum absolute atomic E-state index is 0.433. The SMILES string of the molecule is CC(C)(Cn1cc(CN)c2ccccc21)C(=O)O. The number of hydrogen-bond acceptors (Lipinski definition) is 2. The molecule has 0 aliphatic carbocycles. The third-order valence-electron chi connectivity index (χ3n) is 3.24. The number of aliphatic carboxylic acids is 1. The molecule has 0 aliphatic heterocycles. The van der Waals surface area contributed by atoms with E-state index in [2.05, 4.69) is 0 Å². The standard InChI is InChI=1S/C14H18N2O2/c1-14(2,13(17)18)9-16-8-10(7-15)11-5-3-4-6-12(11)16/h3-6,8H,7,9,15H2,1-2H3,(H,17,18). The van der Waals surface area contributed by atoms with Gasteiger partial charge in [0.15, 0.2) is 0 Å². The minimum Gasteiger partial charge on any atom is -0.481 e. The number of benzene rings is 1. The molecule has 3 N–H and O–H groups in total. The summed E-state index contributed by atoms with van der Waals surface area (Å²) in [6.07, 6.45) is 1.95. The van der Waals surface area contributed by atoms with Gasteiger partial charge in [0.05, 0.1) is 5.41 Å². The quantitative estimate of drug-likeness (QED) is 0.869. The second kappa shape index (κ2) is 4.46. The zero-order valence-electron chi connectivity index (χ0n) is 10.7. The van der Waals surface area contributed by atoms with Crippen molar-refractivity contribution in [3.8, 4) is 0 Å². The lowest BCUT2D eigenvalue weighted by atomic mass is 9.94. The largest absolute Gasteiger partial charge is 0.481 e. The molecule has 2 aromatic rings. The molecule has 0 atom stereocenters. The molecule has 0 unspecified atom stereocenters. The Morgan fingerprint density at radius 1 is 1.39 bits per heavy atom. The molecule has 0 fully saturated rings. The fourth-order valence-corrected chi connectivity index (χ4v) is 2.11. The van der Waals surface area contributed by atoms with Gasteiger partial charge in [0, 0.05) is 30.2 Å². The zero-order chi connectivity index (χ0) is 13.3. The smallest absolute Gasteiger partial charge is 0.310 e. The van der Waals surface area contributed by atoms with Gasteiger partial charge >= 0.3 is 5.97 Å². The Bertz CT molecular complexity index is 584. The van der Waals surface area contributed by atoms with Gasteiger partial charge in [-0.2, -0.15) is 0 Å². The summed E-state index contributed by atoms with van der Waals surface area (Å²) in [5.41, 5.74) is 7.01. The van der Waals surface area contributed by atoms with E-state index in [0.29, 0.717) is 13.1 Å². The van der Waals surface area contributed by atoms with Crippen LogP contribution in [0.2, 0.25) is 0 Å². The number of hydrogen-bond donors (Lipinski definition) is 2. The molecule has 1 aromatic heterocycles. The molecule has 0 saturated heterocycles. The molecule has 18 heavy (non-hydrogen) atoms. The van der Waals surface area contributed by atoms with Crippen LogP contribution in [0.25, 0.3) is 10.9 Å². The fourth-order valence-electron chi connectivity index (χ4n) is 2.11. The Hall–Kier alpha value is -1.81. The Morgan fingerprint density at radius 2 is 2.06 bits per heavy atom. The summed E-state index contributed by atoms with van der Waals surface area (Å²) < 4.78 is 1.98. The summed E-state index contributed by atoms with van der Waals surface area (Å²) in [7, 11) is 0.